The standard InChI is InChI=1S/C20H23NO5S/c1-3-25-18(23)17(19(24)26-4-2)15(22)10-12-20(11-6-8-14-27-20)16-9-5-7-13-21-16/h5-9,11,13-14,17H,3-4,10,12H2,1-2H3. The molecule has 0 saturated heterocycles. The molecule has 27 heavy (non-hydrogen) atoms. The molecule has 1 atom stereocenters. The Morgan fingerprint density at radius 2 is 1.81 bits per heavy atom. The van der Waals surface area contributed by atoms with E-state index in [4.69, 9.17) is 9.47 Å². The van der Waals surface area contributed by atoms with Gasteiger partial charge in [0.05, 0.1) is 23.7 Å². The Morgan fingerprint density at radius 3 is 2.33 bits per heavy atom. The van der Waals surface area contributed by atoms with Gasteiger partial charge in [-0.25, -0.2) is 0 Å². The van der Waals surface area contributed by atoms with Crippen LogP contribution in [0.15, 0.2) is 48.0 Å². The van der Waals surface area contributed by atoms with E-state index in [9.17, 15) is 14.4 Å². The molecule has 7 heteroatoms. The molecular weight excluding hydrogens is 366 g/mol. The Bertz CT molecular complexity index is 713. The third-order valence-electron chi connectivity index (χ3n) is 4.04. The number of carbonyl (C=O) groups is 3. The Kier molecular flexibility index (Phi) is 7.79. The molecular formula is C20H23NO5S. The number of esters is 2. The summed E-state index contributed by atoms with van der Waals surface area (Å²) in [7, 11) is 0. The van der Waals surface area contributed by atoms with Gasteiger partial charge in [-0.2, -0.15) is 0 Å². The fourth-order valence-corrected chi connectivity index (χ4v) is 3.78. The Morgan fingerprint density at radius 1 is 1.11 bits per heavy atom. The van der Waals surface area contributed by atoms with Crippen molar-refractivity contribution in [3.63, 3.8) is 0 Å². The first-order valence-corrected chi connectivity index (χ1v) is 9.71. The Hall–Kier alpha value is -2.41. The number of thioether (sulfide) groups is 1. The predicted octanol–water partition coefficient (Wildman–Crippen LogP) is 3.19. The van der Waals surface area contributed by atoms with Crippen LogP contribution in [0.4, 0.5) is 0 Å². The molecule has 0 saturated carbocycles. The van der Waals surface area contributed by atoms with E-state index >= 15 is 0 Å². The maximum Gasteiger partial charge on any atom is 0.328 e. The van der Waals surface area contributed by atoms with Crippen molar-refractivity contribution >= 4 is 29.5 Å². The molecule has 1 unspecified atom stereocenters. The molecule has 1 aliphatic rings. The van der Waals surface area contributed by atoms with Crippen LogP contribution in [0.5, 0.6) is 0 Å². The van der Waals surface area contributed by atoms with Crippen LogP contribution in [0.1, 0.15) is 32.4 Å². The largest absolute Gasteiger partial charge is 0.465 e. The fourth-order valence-electron chi connectivity index (χ4n) is 2.75. The number of Topliss-reactive ketones (excluding diaryl/α,β-unsaturated/α-hetero) is 1. The summed E-state index contributed by atoms with van der Waals surface area (Å²) in [4.78, 5) is 41.4. The van der Waals surface area contributed by atoms with Crippen molar-refractivity contribution in [1.82, 2.24) is 4.98 Å². The second-order valence-electron chi connectivity index (χ2n) is 5.81. The molecule has 2 heterocycles. The molecule has 6 nitrogen and oxygen atoms in total. The van der Waals surface area contributed by atoms with Gasteiger partial charge >= 0.3 is 11.9 Å². The molecule has 0 radical (unpaired) electrons. The molecule has 0 bridgehead atoms. The van der Waals surface area contributed by atoms with Gasteiger partial charge in [-0.1, -0.05) is 24.3 Å². The van der Waals surface area contributed by atoms with Crippen LogP contribution >= 0.6 is 11.8 Å². The first-order chi connectivity index (χ1) is 13.0. The van der Waals surface area contributed by atoms with Crippen LogP contribution in [0.3, 0.4) is 0 Å². The minimum atomic E-state index is -1.54. The molecule has 1 aromatic rings. The highest BCUT2D eigenvalue weighted by Crippen LogP contribution is 2.44. The van der Waals surface area contributed by atoms with Gasteiger partial charge in [0.2, 0.25) is 5.92 Å². The summed E-state index contributed by atoms with van der Waals surface area (Å²) < 4.78 is 9.25. The monoisotopic (exact) mass is 389 g/mol. The quantitative estimate of drug-likeness (QED) is 0.474. The van der Waals surface area contributed by atoms with Gasteiger partial charge in [0.15, 0.2) is 5.78 Å². The summed E-state index contributed by atoms with van der Waals surface area (Å²) in [6.07, 6.45) is 7.91. The number of allylic oxidation sites excluding steroid dienone is 2. The lowest BCUT2D eigenvalue weighted by molar-refractivity contribution is -0.164. The summed E-state index contributed by atoms with van der Waals surface area (Å²) in [5.74, 6) is -3.77. The van der Waals surface area contributed by atoms with Crippen LogP contribution in [-0.4, -0.2) is 35.9 Å². The molecule has 0 aromatic carbocycles. The second-order valence-corrected chi connectivity index (χ2v) is 7.05. The van der Waals surface area contributed by atoms with Crippen LogP contribution in [0.25, 0.3) is 0 Å². The number of hydrogen-bond donors (Lipinski definition) is 0. The van der Waals surface area contributed by atoms with Gasteiger partial charge in [0, 0.05) is 12.6 Å². The molecule has 0 spiro atoms. The first-order valence-electron chi connectivity index (χ1n) is 8.83. The van der Waals surface area contributed by atoms with E-state index in [0.29, 0.717) is 6.42 Å². The van der Waals surface area contributed by atoms with Gasteiger partial charge in [-0.15, -0.1) is 11.8 Å². The van der Waals surface area contributed by atoms with Gasteiger partial charge in [0.1, 0.15) is 0 Å². The van der Waals surface area contributed by atoms with Crippen LogP contribution < -0.4 is 0 Å². The zero-order chi connectivity index (χ0) is 19.7. The smallest absolute Gasteiger partial charge is 0.328 e. The zero-order valence-corrected chi connectivity index (χ0v) is 16.2. The van der Waals surface area contributed by atoms with Crippen LogP contribution in [-0.2, 0) is 28.6 Å². The fraction of sp³-hybridized carbons (Fsp3) is 0.400. The minimum Gasteiger partial charge on any atom is -0.465 e. The SMILES string of the molecule is CCOC(=O)C(C(=O)CCC1(c2ccccn2)C=CC=CS1)C(=O)OCC. The van der Waals surface area contributed by atoms with Crippen molar-refractivity contribution in [2.75, 3.05) is 13.2 Å². The first kappa shape index (κ1) is 20.9. The molecule has 1 aliphatic heterocycles. The number of nitrogens with zero attached hydrogens (tertiary/aromatic N) is 1. The van der Waals surface area contributed by atoms with Crippen molar-refractivity contribution in [2.24, 2.45) is 5.92 Å². The highest BCUT2D eigenvalue weighted by molar-refractivity contribution is 8.03. The number of rotatable bonds is 9. The van der Waals surface area contributed by atoms with Gasteiger partial charge in [0.25, 0.3) is 0 Å². The lowest BCUT2D eigenvalue weighted by atomic mass is 9.91. The normalized spacial score (nSPS) is 18.3. The van der Waals surface area contributed by atoms with Gasteiger partial charge in [-0.05, 0) is 37.8 Å². The summed E-state index contributed by atoms with van der Waals surface area (Å²) in [5.41, 5.74) is 0.812. The molecule has 1 aromatic heterocycles. The summed E-state index contributed by atoms with van der Waals surface area (Å²) >= 11 is 1.54. The van der Waals surface area contributed by atoms with Crippen LogP contribution in [0.2, 0.25) is 0 Å². The Labute approximate surface area is 163 Å². The number of aromatic nitrogens is 1. The molecule has 0 amide bonds. The van der Waals surface area contributed by atoms with E-state index in [1.54, 1.807) is 31.8 Å². The molecule has 0 aliphatic carbocycles. The van der Waals surface area contributed by atoms with E-state index in [2.05, 4.69) is 4.98 Å². The molecule has 144 valence electrons. The van der Waals surface area contributed by atoms with E-state index in [0.717, 1.165) is 5.69 Å². The predicted molar refractivity (Wildman–Crippen MR) is 103 cm³/mol. The maximum atomic E-state index is 12.7. The number of carbonyl (C=O) groups excluding carboxylic acids is 3. The average molecular weight is 389 g/mol. The van der Waals surface area contributed by atoms with Crippen molar-refractivity contribution in [2.45, 2.75) is 31.4 Å². The highest BCUT2D eigenvalue weighted by atomic mass is 32.2. The summed E-state index contributed by atoms with van der Waals surface area (Å²) in [5, 5.41) is 1.94. The van der Waals surface area contributed by atoms with Gasteiger partial charge < -0.3 is 9.47 Å². The van der Waals surface area contributed by atoms with Crippen molar-refractivity contribution in [3.8, 4) is 0 Å². The molecule has 2 rings (SSSR count). The van der Waals surface area contributed by atoms with Crippen LogP contribution in [0, 0.1) is 5.92 Å². The van der Waals surface area contributed by atoms with E-state index in [-0.39, 0.29) is 19.6 Å². The topological polar surface area (TPSA) is 82.6 Å². The minimum absolute atomic E-state index is 0.0179. The number of pyridine rings is 1. The van der Waals surface area contributed by atoms with E-state index in [1.807, 2.05) is 41.8 Å². The maximum absolute atomic E-state index is 12.7. The second kappa shape index (κ2) is 10.1. The zero-order valence-electron chi connectivity index (χ0n) is 15.4. The molecule has 0 N–H and O–H groups in total. The summed E-state index contributed by atoms with van der Waals surface area (Å²) in [6.45, 7) is 3.42. The summed E-state index contributed by atoms with van der Waals surface area (Å²) in [6, 6.07) is 5.61. The van der Waals surface area contributed by atoms with Gasteiger partial charge in [-0.3, -0.25) is 19.4 Å². The lowest BCUT2D eigenvalue weighted by Gasteiger charge is -2.30. The van der Waals surface area contributed by atoms with E-state index < -0.39 is 28.4 Å². The van der Waals surface area contributed by atoms with E-state index in [1.165, 1.54) is 0 Å². The third kappa shape index (κ3) is 5.29. The highest BCUT2D eigenvalue weighted by Gasteiger charge is 2.39. The van der Waals surface area contributed by atoms with Crippen molar-refractivity contribution < 1.29 is 23.9 Å². The van der Waals surface area contributed by atoms with Crippen molar-refractivity contribution in [3.05, 3.63) is 53.7 Å². The number of ether oxygens (including phenoxy) is 2. The van der Waals surface area contributed by atoms with Crippen molar-refractivity contribution in [1.29, 1.82) is 0 Å². The average Bonchev–Trinajstić information content (AvgIpc) is 2.68. The molecule has 0 fully saturated rings. The lowest BCUT2D eigenvalue weighted by Crippen LogP contribution is -2.36. The Balaban J connectivity index is 2.18. The number of hydrogen-bond acceptors (Lipinski definition) is 7. The third-order valence-corrected chi connectivity index (χ3v) is 5.30. The number of ketones is 1.